The van der Waals surface area contributed by atoms with Crippen molar-refractivity contribution in [2.24, 2.45) is 0 Å². The first-order valence-electron chi connectivity index (χ1n) is 6.64. The maximum atomic E-state index is 12.5. The van der Waals surface area contributed by atoms with Crippen molar-refractivity contribution in [3.8, 4) is 0 Å². The highest BCUT2D eigenvalue weighted by atomic mass is 16.5. The van der Waals surface area contributed by atoms with E-state index in [2.05, 4.69) is 0 Å². The molecule has 1 N–H and O–H groups in total. The molecule has 0 aromatic heterocycles. The zero-order chi connectivity index (χ0) is 14.0. The monoisotopic (exact) mass is 263 g/mol. The quantitative estimate of drug-likeness (QED) is 0.880. The van der Waals surface area contributed by atoms with Crippen LogP contribution < -0.4 is 0 Å². The van der Waals surface area contributed by atoms with E-state index in [1.807, 2.05) is 39.0 Å². The van der Waals surface area contributed by atoms with Crippen LogP contribution in [0.3, 0.4) is 0 Å². The summed E-state index contributed by atoms with van der Waals surface area (Å²) in [6, 6.07) is 5.75. The number of hydrogen-bond donors (Lipinski definition) is 1. The molecule has 1 aromatic rings. The third-order valence-corrected chi connectivity index (χ3v) is 3.57. The van der Waals surface area contributed by atoms with Gasteiger partial charge >= 0.3 is 0 Å². The van der Waals surface area contributed by atoms with E-state index in [1.165, 1.54) is 5.56 Å². The molecule has 104 valence electrons. The average Bonchev–Trinajstić information content (AvgIpc) is 2.40. The van der Waals surface area contributed by atoms with Gasteiger partial charge in [0.15, 0.2) is 0 Å². The van der Waals surface area contributed by atoms with Crippen LogP contribution in [0.2, 0.25) is 0 Å². The van der Waals surface area contributed by atoms with Gasteiger partial charge in [-0.05, 0) is 44.0 Å². The van der Waals surface area contributed by atoms with E-state index in [0.29, 0.717) is 18.7 Å². The summed E-state index contributed by atoms with van der Waals surface area (Å²) in [6.45, 7) is 6.92. The van der Waals surface area contributed by atoms with Crippen molar-refractivity contribution in [1.82, 2.24) is 4.90 Å². The van der Waals surface area contributed by atoms with Crippen LogP contribution >= 0.6 is 0 Å². The Morgan fingerprint density at radius 3 is 2.74 bits per heavy atom. The van der Waals surface area contributed by atoms with Gasteiger partial charge in [-0.25, -0.2) is 0 Å². The van der Waals surface area contributed by atoms with Gasteiger partial charge in [-0.1, -0.05) is 6.07 Å². The molecule has 0 radical (unpaired) electrons. The molecule has 19 heavy (non-hydrogen) atoms. The van der Waals surface area contributed by atoms with Crippen molar-refractivity contribution >= 4 is 5.91 Å². The van der Waals surface area contributed by atoms with Crippen LogP contribution in [-0.2, 0) is 4.74 Å². The largest absolute Gasteiger partial charge is 0.394 e. The number of aliphatic hydroxyl groups is 1. The van der Waals surface area contributed by atoms with Gasteiger partial charge in [0.2, 0.25) is 0 Å². The lowest BCUT2D eigenvalue weighted by Gasteiger charge is -2.36. The molecule has 0 bridgehead atoms. The van der Waals surface area contributed by atoms with Crippen LogP contribution in [-0.4, -0.2) is 47.8 Å². The molecule has 0 spiro atoms. The van der Waals surface area contributed by atoms with E-state index < -0.39 is 0 Å². The molecule has 1 aromatic carbocycles. The summed E-state index contributed by atoms with van der Waals surface area (Å²) in [6.07, 6.45) is -0.319. The van der Waals surface area contributed by atoms with Crippen LogP contribution in [0, 0.1) is 13.8 Å². The average molecular weight is 263 g/mol. The number of benzene rings is 1. The Balaban J connectivity index is 2.16. The second-order valence-corrected chi connectivity index (χ2v) is 5.26. The van der Waals surface area contributed by atoms with Gasteiger partial charge in [0, 0.05) is 18.7 Å². The molecule has 1 aliphatic heterocycles. The summed E-state index contributed by atoms with van der Waals surface area (Å²) in [5.41, 5.74) is 3.00. The third-order valence-electron chi connectivity index (χ3n) is 3.57. The van der Waals surface area contributed by atoms with E-state index >= 15 is 0 Å². The molecule has 2 atom stereocenters. The molecule has 0 aliphatic carbocycles. The number of carbonyl (C=O) groups excluding carboxylic acids is 1. The van der Waals surface area contributed by atoms with Crippen LogP contribution in [0.4, 0.5) is 0 Å². The van der Waals surface area contributed by atoms with Crippen molar-refractivity contribution in [2.75, 3.05) is 19.7 Å². The van der Waals surface area contributed by atoms with E-state index in [9.17, 15) is 9.90 Å². The van der Waals surface area contributed by atoms with Crippen LogP contribution in [0.25, 0.3) is 0 Å². The molecule has 4 nitrogen and oxygen atoms in total. The molecule has 2 rings (SSSR count). The fourth-order valence-electron chi connectivity index (χ4n) is 2.37. The van der Waals surface area contributed by atoms with Crippen molar-refractivity contribution in [1.29, 1.82) is 0 Å². The SMILES string of the molecule is Cc1ccc(C(=O)N2CC(C)OC(CO)C2)cc1C. The van der Waals surface area contributed by atoms with Gasteiger partial charge in [0.25, 0.3) is 5.91 Å². The first-order chi connectivity index (χ1) is 9.01. The third kappa shape index (κ3) is 3.14. The molecule has 1 amide bonds. The minimum atomic E-state index is -0.278. The summed E-state index contributed by atoms with van der Waals surface area (Å²) >= 11 is 0. The van der Waals surface area contributed by atoms with Crippen LogP contribution in [0.1, 0.15) is 28.4 Å². The first kappa shape index (κ1) is 14.0. The maximum Gasteiger partial charge on any atom is 0.254 e. The summed E-state index contributed by atoms with van der Waals surface area (Å²) in [4.78, 5) is 14.2. The Kier molecular flexibility index (Phi) is 4.22. The molecule has 4 heteroatoms. The fraction of sp³-hybridized carbons (Fsp3) is 0.533. The summed E-state index contributed by atoms with van der Waals surface area (Å²) in [5.74, 6) is 0.0108. The van der Waals surface area contributed by atoms with Crippen molar-refractivity contribution in [3.63, 3.8) is 0 Å². The molecular weight excluding hydrogens is 242 g/mol. The topological polar surface area (TPSA) is 49.8 Å². The molecule has 1 saturated heterocycles. The number of hydrogen-bond acceptors (Lipinski definition) is 3. The second-order valence-electron chi connectivity index (χ2n) is 5.26. The Morgan fingerprint density at radius 2 is 2.11 bits per heavy atom. The van der Waals surface area contributed by atoms with Gasteiger partial charge in [-0.2, -0.15) is 0 Å². The smallest absolute Gasteiger partial charge is 0.254 e. The highest BCUT2D eigenvalue weighted by Crippen LogP contribution is 2.16. The van der Waals surface area contributed by atoms with Gasteiger partial charge in [0.05, 0.1) is 18.8 Å². The molecule has 1 fully saturated rings. The number of ether oxygens (including phenoxy) is 1. The van der Waals surface area contributed by atoms with Crippen molar-refractivity contribution in [2.45, 2.75) is 33.0 Å². The summed E-state index contributed by atoms with van der Waals surface area (Å²) in [7, 11) is 0. The predicted molar refractivity (Wildman–Crippen MR) is 73.2 cm³/mol. The predicted octanol–water partition coefficient (Wildman–Crippen LogP) is 1.53. The standard InChI is InChI=1S/C15H21NO3/c1-10-4-5-13(6-11(10)2)15(18)16-7-12(3)19-14(8-16)9-17/h4-6,12,14,17H,7-9H2,1-3H3. The maximum absolute atomic E-state index is 12.5. The number of amides is 1. The number of aliphatic hydroxyl groups excluding tert-OH is 1. The number of rotatable bonds is 2. The Bertz CT molecular complexity index is 472. The lowest BCUT2D eigenvalue weighted by atomic mass is 10.0. The first-order valence-corrected chi connectivity index (χ1v) is 6.64. The van der Waals surface area contributed by atoms with Crippen molar-refractivity contribution in [3.05, 3.63) is 34.9 Å². The molecule has 2 unspecified atom stereocenters. The zero-order valence-corrected chi connectivity index (χ0v) is 11.7. The lowest BCUT2D eigenvalue weighted by molar-refractivity contribution is -0.0858. The number of nitrogens with zero attached hydrogens (tertiary/aromatic N) is 1. The van der Waals surface area contributed by atoms with Crippen LogP contribution in [0.5, 0.6) is 0 Å². The summed E-state index contributed by atoms with van der Waals surface area (Å²) < 4.78 is 5.55. The Morgan fingerprint density at radius 1 is 1.37 bits per heavy atom. The van der Waals surface area contributed by atoms with Crippen LogP contribution in [0.15, 0.2) is 18.2 Å². The van der Waals surface area contributed by atoms with Gasteiger partial charge < -0.3 is 14.7 Å². The number of aryl methyl sites for hydroxylation is 2. The van der Waals surface area contributed by atoms with E-state index in [-0.39, 0.29) is 24.7 Å². The van der Waals surface area contributed by atoms with E-state index in [0.717, 1.165) is 5.56 Å². The second kappa shape index (κ2) is 5.72. The molecule has 1 heterocycles. The minimum Gasteiger partial charge on any atom is -0.394 e. The summed E-state index contributed by atoms with van der Waals surface area (Å²) in [5, 5.41) is 9.20. The molecule has 0 saturated carbocycles. The molecule has 1 aliphatic rings. The van der Waals surface area contributed by atoms with Gasteiger partial charge in [-0.3, -0.25) is 4.79 Å². The Labute approximate surface area is 114 Å². The van der Waals surface area contributed by atoms with Gasteiger partial charge in [-0.15, -0.1) is 0 Å². The fourth-order valence-corrected chi connectivity index (χ4v) is 2.37. The zero-order valence-electron chi connectivity index (χ0n) is 11.7. The highest BCUT2D eigenvalue weighted by Gasteiger charge is 2.28. The minimum absolute atomic E-state index is 0.0108. The number of morpholine rings is 1. The number of carbonyl (C=O) groups is 1. The normalized spacial score (nSPS) is 23.5. The highest BCUT2D eigenvalue weighted by molar-refractivity contribution is 5.94. The van der Waals surface area contributed by atoms with E-state index in [1.54, 1.807) is 4.90 Å². The van der Waals surface area contributed by atoms with Gasteiger partial charge in [0.1, 0.15) is 0 Å². The Hall–Kier alpha value is -1.39. The lowest BCUT2D eigenvalue weighted by Crippen LogP contribution is -2.50. The van der Waals surface area contributed by atoms with E-state index in [4.69, 9.17) is 4.74 Å². The molecular formula is C15H21NO3. The van der Waals surface area contributed by atoms with Crippen molar-refractivity contribution < 1.29 is 14.6 Å².